The van der Waals surface area contributed by atoms with Crippen molar-refractivity contribution in [3.63, 3.8) is 0 Å². The topological polar surface area (TPSA) is 127 Å². The van der Waals surface area contributed by atoms with Gasteiger partial charge in [0, 0.05) is 11.6 Å². The van der Waals surface area contributed by atoms with E-state index in [4.69, 9.17) is 16.7 Å². The van der Waals surface area contributed by atoms with Crippen LogP contribution in [0.3, 0.4) is 0 Å². The molecule has 8 nitrogen and oxygen atoms in total. The van der Waals surface area contributed by atoms with E-state index in [-0.39, 0.29) is 9.92 Å². The SMILES string of the molecule is O=C(O)C(Oc1c(F)cccc1F)S(=O)(=O)CCNS(=O)(=O)c1ccc(Cl)cc1. The van der Waals surface area contributed by atoms with Gasteiger partial charge in [0.25, 0.3) is 5.44 Å². The second kappa shape index (κ2) is 9.03. The van der Waals surface area contributed by atoms with Crippen LogP contribution in [0.1, 0.15) is 0 Å². The molecule has 0 saturated carbocycles. The molecule has 13 heteroatoms. The van der Waals surface area contributed by atoms with Gasteiger partial charge >= 0.3 is 5.97 Å². The van der Waals surface area contributed by atoms with Crippen LogP contribution in [0, 0.1) is 11.6 Å². The van der Waals surface area contributed by atoms with Crippen molar-refractivity contribution in [3.05, 3.63) is 59.1 Å². The fourth-order valence-corrected chi connectivity index (χ4v) is 4.54. The Kier molecular flexibility index (Phi) is 7.16. The number of aliphatic carboxylic acids is 1. The van der Waals surface area contributed by atoms with Gasteiger partial charge in [0.05, 0.1) is 10.6 Å². The third-order valence-electron chi connectivity index (χ3n) is 3.47. The predicted octanol–water partition coefficient (Wildman–Crippen LogP) is 1.80. The van der Waals surface area contributed by atoms with Gasteiger partial charge in [-0.1, -0.05) is 17.7 Å². The number of ether oxygens (including phenoxy) is 1. The van der Waals surface area contributed by atoms with Crippen LogP contribution in [0.4, 0.5) is 8.78 Å². The second-order valence-electron chi connectivity index (χ2n) is 5.56. The van der Waals surface area contributed by atoms with Gasteiger partial charge in [-0.2, -0.15) is 0 Å². The number of nitrogens with one attached hydrogen (secondary N) is 1. The van der Waals surface area contributed by atoms with Gasteiger partial charge in [0.2, 0.25) is 19.9 Å². The molecule has 29 heavy (non-hydrogen) atoms. The summed E-state index contributed by atoms with van der Waals surface area (Å²) >= 11 is 5.66. The second-order valence-corrected chi connectivity index (χ2v) is 9.92. The molecule has 1 unspecified atom stereocenters. The Morgan fingerprint density at radius 2 is 1.62 bits per heavy atom. The molecule has 1 atom stereocenters. The molecule has 2 aromatic rings. The highest BCUT2D eigenvalue weighted by atomic mass is 35.5. The number of halogens is 3. The molecule has 2 N–H and O–H groups in total. The molecule has 0 aliphatic carbocycles. The predicted molar refractivity (Wildman–Crippen MR) is 98.8 cm³/mol. The fourth-order valence-electron chi connectivity index (χ4n) is 2.10. The Balaban J connectivity index is 2.13. The molecule has 0 fully saturated rings. The minimum Gasteiger partial charge on any atom is -0.478 e. The average molecular weight is 470 g/mol. The molecule has 0 spiro atoms. The van der Waals surface area contributed by atoms with E-state index < -0.39 is 60.9 Å². The Morgan fingerprint density at radius 1 is 1.07 bits per heavy atom. The van der Waals surface area contributed by atoms with Gasteiger partial charge in [0.1, 0.15) is 0 Å². The van der Waals surface area contributed by atoms with E-state index in [0.29, 0.717) is 0 Å². The quantitative estimate of drug-likeness (QED) is 0.573. The van der Waals surface area contributed by atoms with Crippen molar-refractivity contribution in [2.24, 2.45) is 0 Å². The molecule has 0 heterocycles. The number of hydrogen-bond acceptors (Lipinski definition) is 6. The number of carboxylic acids is 1. The average Bonchev–Trinajstić information content (AvgIpc) is 2.60. The van der Waals surface area contributed by atoms with Crippen molar-refractivity contribution in [2.45, 2.75) is 10.3 Å². The van der Waals surface area contributed by atoms with Gasteiger partial charge in [-0.3, -0.25) is 0 Å². The van der Waals surface area contributed by atoms with Crippen molar-refractivity contribution >= 4 is 37.4 Å². The lowest BCUT2D eigenvalue weighted by Gasteiger charge is -2.16. The summed E-state index contributed by atoms with van der Waals surface area (Å²) in [5.74, 6) is -6.80. The summed E-state index contributed by atoms with van der Waals surface area (Å²) in [6.07, 6.45) is 0. The van der Waals surface area contributed by atoms with Crippen LogP contribution in [-0.4, -0.2) is 45.6 Å². The Bertz CT molecular complexity index is 1090. The number of sulfone groups is 1. The number of carbonyl (C=O) groups is 1. The number of hydrogen-bond donors (Lipinski definition) is 2. The van der Waals surface area contributed by atoms with E-state index in [0.717, 1.165) is 18.2 Å². The Morgan fingerprint density at radius 3 is 2.14 bits per heavy atom. The van der Waals surface area contributed by atoms with Crippen molar-refractivity contribution < 1.29 is 40.3 Å². The molecular weight excluding hydrogens is 456 g/mol. The summed E-state index contributed by atoms with van der Waals surface area (Å²) in [6.45, 7) is -0.708. The highest BCUT2D eigenvalue weighted by molar-refractivity contribution is 7.92. The van der Waals surface area contributed by atoms with Gasteiger partial charge in [-0.25, -0.2) is 35.1 Å². The number of carboxylic acid groups (broad SMARTS) is 1. The van der Waals surface area contributed by atoms with Gasteiger partial charge in [-0.05, 0) is 36.4 Å². The minimum absolute atomic E-state index is 0.196. The van der Waals surface area contributed by atoms with Crippen LogP contribution in [0.15, 0.2) is 47.4 Å². The third kappa shape index (κ3) is 5.85. The summed E-state index contributed by atoms with van der Waals surface area (Å²) in [5, 5.41) is 9.40. The van der Waals surface area contributed by atoms with E-state index in [1.165, 1.54) is 24.3 Å². The first-order valence-electron chi connectivity index (χ1n) is 7.74. The van der Waals surface area contributed by atoms with Gasteiger partial charge < -0.3 is 9.84 Å². The van der Waals surface area contributed by atoms with Crippen LogP contribution < -0.4 is 9.46 Å². The zero-order chi connectivity index (χ0) is 21.8. The number of rotatable bonds is 9. The van der Waals surface area contributed by atoms with E-state index in [2.05, 4.69) is 4.74 Å². The lowest BCUT2D eigenvalue weighted by Crippen LogP contribution is -2.40. The maximum atomic E-state index is 13.6. The van der Waals surface area contributed by atoms with E-state index >= 15 is 0 Å². The summed E-state index contributed by atoms with van der Waals surface area (Å²) in [4.78, 5) is 11.1. The monoisotopic (exact) mass is 469 g/mol. The maximum absolute atomic E-state index is 13.6. The molecule has 2 rings (SSSR count). The molecule has 0 radical (unpaired) electrons. The van der Waals surface area contributed by atoms with Crippen molar-refractivity contribution in [3.8, 4) is 5.75 Å². The van der Waals surface area contributed by atoms with Gasteiger partial charge in [0.15, 0.2) is 17.4 Å². The molecule has 0 bridgehead atoms. The Labute approximate surface area is 170 Å². The van der Waals surface area contributed by atoms with Crippen molar-refractivity contribution in [1.29, 1.82) is 0 Å². The Hall–Kier alpha value is -2.28. The van der Waals surface area contributed by atoms with Crippen LogP contribution in [-0.2, 0) is 24.7 Å². The van der Waals surface area contributed by atoms with E-state index in [9.17, 15) is 30.4 Å². The summed E-state index contributed by atoms with van der Waals surface area (Å²) in [5.41, 5.74) is -2.64. The summed E-state index contributed by atoms with van der Waals surface area (Å²) in [7, 11) is -8.77. The van der Waals surface area contributed by atoms with Crippen molar-refractivity contribution in [2.75, 3.05) is 12.3 Å². The fraction of sp³-hybridized carbons (Fsp3) is 0.188. The lowest BCUT2D eigenvalue weighted by atomic mass is 10.3. The highest BCUT2D eigenvalue weighted by Crippen LogP contribution is 2.24. The summed E-state index contributed by atoms with van der Waals surface area (Å²) in [6, 6.07) is 7.47. The maximum Gasteiger partial charge on any atom is 0.361 e. The number of sulfonamides is 1. The number of benzene rings is 2. The van der Waals surface area contributed by atoms with E-state index in [1.807, 2.05) is 4.72 Å². The molecule has 158 valence electrons. The van der Waals surface area contributed by atoms with Gasteiger partial charge in [-0.15, -0.1) is 0 Å². The largest absolute Gasteiger partial charge is 0.478 e. The molecule has 0 amide bonds. The zero-order valence-corrected chi connectivity index (χ0v) is 16.8. The van der Waals surface area contributed by atoms with Crippen LogP contribution in [0.5, 0.6) is 5.75 Å². The smallest absolute Gasteiger partial charge is 0.361 e. The molecule has 0 saturated heterocycles. The minimum atomic E-state index is -4.67. The summed E-state index contributed by atoms with van der Waals surface area (Å²) < 4.78 is 82.6. The third-order valence-corrected chi connectivity index (χ3v) is 6.93. The first kappa shape index (κ1) is 23.0. The molecule has 2 aromatic carbocycles. The number of para-hydroxylation sites is 1. The van der Waals surface area contributed by atoms with Crippen LogP contribution in [0.2, 0.25) is 5.02 Å². The molecule has 0 aliphatic rings. The zero-order valence-electron chi connectivity index (χ0n) is 14.4. The molecule has 0 aromatic heterocycles. The normalized spacial score (nSPS) is 13.1. The van der Waals surface area contributed by atoms with Crippen molar-refractivity contribution in [1.82, 2.24) is 4.72 Å². The lowest BCUT2D eigenvalue weighted by molar-refractivity contribution is -0.141. The first-order chi connectivity index (χ1) is 13.4. The first-order valence-corrected chi connectivity index (χ1v) is 11.3. The van der Waals surface area contributed by atoms with Crippen LogP contribution in [0.25, 0.3) is 0 Å². The molecule has 0 aliphatic heterocycles. The molecular formula is C16H14ClF2NO7S2. The van der Waals surface area contributed by atoms with Crippen LogP contribution >= 0.6 is 11.6 Å². The van der Waals surface area contributed by atoms with E-state index in [1.54, 1.807) is 0 Å². The highest BCUT2D eigenvalue weighted by Gasteiger charge is 2.36. The standard InChI is InChI=1S/C16H14ClF2NO7S2/c17-10-4-6-11(7-5-10)29(25,26)20-8-9-28(23,24)16(15(21)22)27-14-12(18)2-1-3-13(14)19/h1-7,16,20H,8-9H2,(H,21,22).